The molecule has 0 aliphatic carbocycles. The summed E-state index contributed by atoms with van der Waals surface area (Å²) in [4.78, 5) is 14.1. The second-order valence-corrected chi connectivity index (χ2v) is 6.22. The van der Waals surface area contributed by atoms with Crippen molar-refractivity contribution in [2.24, 2.45) is 0 Å². The summed E-state index contributed by atoms with van der Waals surface area (Å²) >= 11 is 3.42. The summed E-state index contributed by atoms with van der Waals surface area (Å²) < 4.78 is 1.03. The first kappa shape index (κ1) is 17.2. The van der Waals surface area contributed by atoms with E-state index in [0.717, 1.165) is 28.7 Å². The van der Waals surface area contributed by atoms with E-state index in [1.165, 1.54) is 19.3 Å². The molecule has 0 unspecified atom stereocenters. The standard InChI is InChI=1S/C16H25BrN2O/c1-4-5-6-7-10-19(3)12-16(20)18-15-9-8-14(17)11-13(15)2/h8-9,11H,4-7,10,12H2,1-3H3,(H,18,20). The van der Waals surface area contributed by atoms with Crippen molar-refractivity contribution >= 4 is 27.5 Å². The number of carbonyl (C=O) groups is 1. The molecule has 112 valence electrons. The number of rotatable bonds is 8. The third kappa shape index (κ3) is 6.53. The van der Waals surface area contributed by atoms with Gasteiger partial charge in [0.25, 0.3) is 0 Å². The van der Waals surface area contributed by atoms with Gasteiger partial charge in [0.2, 0.25) is 5.91 Å². The Labute approximate surface area is 130 Å². The van der Waals surface area contributed by atoms with Crippen molar-refractivity contribution in [2.45, 2.75) is 39.5 Å². The highest BCUT2D eigenvalue weighted by Gasteiger charge is 2.08. The van der Waals surface area contributed by atoms with Gasteiger partial charge in [-0.25, -0.2) is 0 Å². The molecule has 0 bridgehead atoms. The number of nitrogens with zero attached hydrogens (tertiary/aromatic N) is 1. The van der Waals surface area contributed by atoms with Gasteiger partial charge < -0.3 is 5.32 Å². The number of hydrogen-bond donors (Lipinski definition) is 1. The van der Waals surface area contributed by atoms with Gasteiger partial charge in [0, 0.05) is 10.2 Å². The van der Waals surface area contributed by atoms with Crippen LogP contribution in [0, 0.1) is 6.92 Å². The SMILES string of the molecule is CCCCCCN(C)CC(=O)Nc1ccc(Br)cc1C. The van der Waals surface area contributed by atoms with Crippen molar-refractivity contribution in [1.29, 1.82) is 0 Å². The fraction of sp³-hybridized carbons (Fsp3) is 0.562. The highest BCUT2D eigenvalue weighted by atomic mass is 79.9. The lowest BCUT2D eigenvalue weighted by Crippen LogP contribution is -2.31. The number of likely N-dealkylation sites (N-methyl/N-ethyl adjacent to an activating group) is 1. The zero-order chi connectivity index (χ0) is 15.0. The van der Waals surface area contributed by atoms with Crippen LogP contribution >= 0.6 is 15.9 Å². The molecule has 1 aromatic carbocycles. The molecule has 1 N–H and O–H groups in total. The first-order valence-corrected chi connectivity index (χ1v) is 8.06. The highest BCUT2D eigenvalue weighted by molar-refractivity contribution is 9.10. The van der Waals surface area contributed by atoms with Crippen molar-refractivity contribution < 1.29 is 4.79 Å². The molecule has 0 aromatic heterocycles. The van der Waals surface area contributed by atoms with Gasteiger partial charge in [-0.15, -0.1) is 0 Å². The van der Waals surface area contributed by atoms with E-state index in [1.54, 1.807) is 0 Å². The molecule has 4 heteroatoms. The number of unbranched alkanes of at least 4 members (excludes halogenated alkanes) is 3. The average molecular weight is 341 g/mol. The third-order valence-electron chi connectivity index (χ3n) is 3.27. The summed E-state index contributed by atoms with van der Waals surface area (Å²) in [5.74, 6) is 0.0495. The maximum atomic E-state index is 12.0. The Bertz CT molecular complexity index is 434. The molecule has 0 aliphatic rings. The van der Waals surface area contributed by atoms with E-state index in [9.17, 15) is 4.79 Å². The molecule has 0 aliphatic heterocycles. The van der Waals surface area contributed by atoms with E-state index >= 15 is 0 Å². The Morgan fingerprint density at radius 3 is 2.70 bits per heavy atom. The van der Waals surface area contributed by atoms with Crippen molar-refractivity contribution in [3.63, 3.8) is 0 Å². The molecule has 0 spiro atoms. The quantitative estimate of drug-likeness (QED) is 0.719. The molecule has 3 nitrogen and oxygen atoms in total. The van der Waals surface area contributed by atoms with E-state index in [4.69, 9.17) is 0 Å². The minimum Gasteiger partial charge on any atom is -0.325 e. The van der Waals surface area contributed by atoms with Crippen LogP contribution in [0.25, 0.3) is 0 Å². The van der Waals surface area contributed by atoms with Gasteiger partial charge in [0.15, 0.2) is 0 Å². The van der Waals surface area contributed by atoms with Crippen molar-refractivity contribution in [2.75, 3.05) is 25.5 Å². The molecule has 0 atom stereocenters. The van der Waals surface area contributed by atoms with Gasteiger partial charge in [-0.05, 0) is 50.7 Å². The van der Waals surface area contributed by atoms with Crippen LogP contribution in [0.4, 0.5) is 5.69 Å². The molecule has 1 amide bonds. The maximum absolute atomic E-state index is 12.0. The maximum Gasteiger partial charge on any atom is 0.238 e. The van der Waals surface area contributed by atoms with Crippen molar-refractivity contribution in [3.05, 3.63) is 28.2 Å². The van der Waals surface area contributed by atoms with Crippen LogP contribution in [0.5, 0.6) is 0 Å². The predicted molar refractivity (Wildman–Crippen MR) is 89.1 cm³/mol. The fourth-order valence-electron chi connectivity index (χ4n) is 2.09. The minimum absolute atomic E-state index is 0.0495. The Morgan fingerprint density at radius 1 is 1.30 bits per heavy atom. The Hall–Kier alpha value is -0.870. The van der Waals surface area contributed by atoms with Crippen molar-refractivity contribution in [1.82, 2.24) is 4.90 Å². The lowest BCUT2D eigenvalue weighted by atomic mass is 10.2. The van der Waals surface area contributed by atoms with E-state index in [2.05, 4.69) is 33.1 Å². The van der Waals surface area contributed by atoms with Gasteiger partial charge in [-0.1, -0.05) is 42.1 Å². The predicted octanol–water partition coefficient (Wildman–Crippen LogP) is 4.21. The monoisotopic (exact) mass is 340 g/mol. The topological polar surface area (TPSA) is 32.3 Å². The molecule has 1 rings (SSSR count). The largest absolute Gasteiger partial charge is 0.325 e. The van der Waals surface area contributed by atoms with Crippen LogP contribution in [-0.2, 0) is 4.79 Å². The highest BCUT2D eigenvalue weighted by Crippen LogP contribution is 2.19. The number of anilines is 1. The molecular formula is C16H25BrN2O. The average Bonchev–Trinajstić information content (AvgIpc) is 2.38. The number of carbonyl (C=O) groups excluding carboxylic acids is 1. The molecule has 0 heterocycles. The summed E-state index contributed by atoms with van der Waals surface area (Å²) in [6, 6.07) is 5.87. The van der Waals surface area contributed by atoms with E-state index in [1.807, 2.05) is 32.2 Å². The Balaban J connectivity index is 2.35. The Kier molecular flexibility index (Phi) is 7.85. The molecule has 0 radical (unpaired) electrons. The number of hydrogen-bond acceptors (Lipinski definition) is 2. The molecule has 20 heavy (non-hydrogen) atoms. The molecule has 0 saturated carbocycles. The van der Waals surface area contributed by atoms with Crippen LogP contribution in [0.2, 0.25) is 0 Å². The van der Waals surface area contributed by atoms with E-state index < -0.39 is 0 Å². The van der Waals surface area contributed by atoms with Crippen LogP contribution in [-0.4, -0.2) is 30.9 Å². The van der Waals surface area contributed by atoms with Crippen LogP contribution in [0.3, 0.4) is 0 Å². The van der Waals surface area contributed by atoms with Gasteiger partial charge in [-0.3, -0.25) is 9.69 Å². The van der Waals surface area contributed by atoms with Crippen molar-refractivity contribution in [3.8, 4) is 0 Å². The van der Waals surface area contributed by atoms with Crippen LogP contribution in [0.15, 0.2) is 22.7 Å². The number of aryl methyl sites for hydroxylation is 1. The summed E-state index contributed by atoms with van der Waals surface area (Å²) in [5, 5.41) is 2.97. The molecule has 0 fully saturated rings. The molecule has 0 saturated heterocycles. The van der Waals surface area contributed by atoms with E-state index in [-0.39, 0.29) is 5.91 Å². The second kappa shape index (κ2) is 9.14. The first-order valence-electron chi connectivity index (χ1n) is 7.27. The number of amides is 1. The van der Waals surface area contributed by atoms with E-state index in [0.29, 0.717) is 6.54 Å². The zero-order valence-electron chi connectivity index (χ0n) is 12.7. The fourth-order valence-corrected chi connectivity index (χ4v) is 2.57. The Morgan fingerprint density at radius 2 is 2.05 bits per heavy atom. The third-order valence-corrected chi connectivity index (χ3v) is 3.76. The smallest absolute Gasteiger partial charge is 0.238 e. The second-order valence-electron chi connectivity index (χ2n) is 5.31. The summed E-state index contributed by atoms with van der Waals surface area (Å²) in [5.41, 5.74) is 1.95. The number of halogens is 1. The zero-order valence-corrected chi connectivity index (χ0v) is 14.3. The minimum atomic E-state index is 0.0495. The van der Waals surface area contributed by atoms with Gasteiger partial charge in [0.05, 0.1) is 6.54 Å². The van der Waals surface area contributed by atoms with Gasteiger partial charge in [-0.2, -0.15) is 0 Å². The summed E-state index contributed by atoms with van der Waals surface area (Å²) in [6.07, 6.45) is 4.92. The van der Waals surface area contributed by atoms with Gasteiger partial charge in [0.1, 0.15) is 0 Å². The number of nitrogens with one attached hydrogen (secondary N) is 1. The molecular weight excluding hydrogens is 316 g/mol. The lowest BCUT2D eigenvalue weighted by Gasteiger charge is -2.16. The number of benzene rings is 1. The normalized spacial score (nSPS) is 10.8. The first-order chi connectivity index (χ1) is 9.52. The lowest BCUT2D eigenvalue weighted by molar-refractivity contribution is -0.117. The molecule has 1 aromatic rings. The van der Waals surface area contributed by atoms with Crippen LogP contribution < -0.4 is 5.32 Å². The van der Waals surface area contributed by atoms with Gasteiger partial charge >= 0.3 is 0 Å². The summed E-state index contributed by atoms with van der Waals surface area (Å²) in [6.45, 7) is 5.63. The van der Waals surface area contributed by atoms with Crippen LogP contribution in [0.1, 0.15) is 38.2 Å². The summed E-state index contributed by atoms with van der Waals surface area (Å²) in [7, 11) is 2.00.